The molecule has 84 valence electrons. The summed E-state index contributed by atoms with van der Waals surface area (Å²) in [6, 6.07) is 10.2. The maximum atomic E-state index is 6.24. The van der Waals surface area contributed by atoms with Crippen molar-refractivity contribution in [3.63, 3.8) is 0 Å². The molecule has 15 heavy (non-hydrogen) atoms. The molecule has 1 atom stereocenters. The minimum Gasteiger partial charge on any atom is -0.330 e. The third-order valence-corrected chi connectivity index (χ3v) is 2.83. The number of benzene rings is 1. The second kappa shape index (κ2) is 5.26. The summed E-state index contributed by atoms with van der Waals surface area (Å²) in [5.74, 6) is 0. The van der Waals surface area contributed by atoms with Crippen molar-refractivity contribution in [1.82, 2.24) is 0 Å². The topological polar surface area (TPSA) is 52.0 Å². The minimum absolute atomic E-state index is 0.0257. The van der Waals surface area contributed by atoms with Gasteiger partial charge in [0.1, 0.15) is 0 Å². The normalized spacial score (nSPS) is 13.9. The summed E-state index contributed by atoms with van der Waals surface area (Å²) in [5, 5.41) is 0. The predicted octanol–water partition coefficient (Wildman–Crippen LogP) is 1.07. The van der Waals surface area contributed by atoms with Gasteiger partial charge in [-0.25, -0.2) is 0 Å². The van der Waals surface area contributed by atoms with Crippen LogP contribution < -0.4 is 11.5 Å². The predicted molar refractivity (Wildman–Crippen MR) is 64.0 cm³/mol. The Kier molecular flexibility index (Phi) is 4.27. The SMILES string of the molecule is C[N+](C)(CCCN)C(N)c1ccccc1. The van der Waals surface area contributed by atoms with Crippen LogP contribution in [0.5, 0.6) is 0 Å². The van der Waals surface area contributed by atoms with Crippen LogP contribution in [0.15, 0.2) is 30.3 Å². The van der Waals surface area contributed by atoms with Crippen LogP contribution in [0.4, 0.5) is 0 Å². The first kappa shape index (κ1) is 12.2. The fraction of sp³-hybridized carbons (Fsp3) is 0.500. The molecule has 0 saturated heterocycles. The molecule has 0 fully saturated rings. The van der Waals surface area contributed by atoms with E-state index in [1.807, 2.05) is 18.2 Å². The number of nitrogens with two attached hydrogens (primary N) is 2. The molecule has 0 spiro atoms. The number of rotatable bonds is 5. The molecule has 0 aliphatic carbocycles. The summed E-state index contributed by atoms with van der Waals surface area (Å²) in [7, 11) is 4.29. The van der Waals surface area contributed by atoms with E-state index in [0.29, 0.717) is 0 Å². The molecule has 0 bridgehead atoms. The molecule has 0 aromatic heterocycles. The zero-order valence-corrected chi connectivity index (χ0v) is 9.69. The standard InChI is InChI=1S/C12H22N3/c1-15(2,10-6-9-13)12(14)11-7-4-3-5-8-11/h3-5,7-8,12H,6,9-10,13-14H2,1-2H3/q+1. The van der Waals surface area contributed by atoms with Gasteiger partial charge >= 0.3 is 0 Å². The Hall–Kier alpha value is -0.900. The Morgan fingerprint density at radius 3 is 2.33 bits per heavy atom. The van der Waals surface area contributed by atoms with Gasteiger partial charge in [0.05, 0.1) is 20.6 Å². The maximum Gasteiger partial charge on any atom is 0.166 e. The molecule has 1 aromatic carbocycles. The Morgan fingerprint density at radius 1 is 1.20 bits per heavy atom. The smallest absolute Gasteiger partial charge is 0.166 e. The van der Waals surface area contributed by atoms with E-state index in [1.165, 1.54) is 5.56 Å². The number of hydrogen-bond donors (Lipinski definition) is 2. The zero-order valence-electron chi connectivity index (χ0n) is 9.69. The van der Waals surface area contributed by atoms with E-state index in [0.717, 1.165) is 24.0 Å². The molecular weight excluding hydrogens is 186 g/mol. The van der Waals surface area contributed by atoms with E-state index in [2.05, 4.69) is 26.2 Å². The van der Waals surface area contributed by atoms with Crippen LogP contribution in [0.3, 0.4) is 0 Å². The summed E-state index contributed by atoms with van der Waals surface area (Å²) < 4.78 is 0.779. The molecule has 3 nitrogen and oxygen atoms in total. The van der Waals surface area contributed by atoms with E-state index in [4.69, 9.17) is 11.5 Å². The summed E-state index contributed by atoms with van der Waals surface area (Å²) in [6.07, 6.45) is 1.03. The van der Waals surface area contributed by atoms with E-state index in [-0.39, 0.29) is 6.17 Å². The second-order valence-electron chi connectivity index (χ2n) is 4.50. The van der Waals surface area contributed by atoms with Gasteiger partial charge in [-0.3, -0.25) is 5.73 Å². The van der Waals surface area contributed by atoms with Gasteiger partial charge < -0.3 is 10.2 Å². The molecule has 4 N–H and O–H groups in total. The molecule has 1 unspecified atom stereocenters. The highest BCUT2D eigenvalue weighted by molar-refractivity contribution is 5.16. The van der Waals surface area contributed by atoms with Gasteiger partial charge in [0.25, 0.3) is 0 Å². The monoisotopic (exact) mass is 208 g/mol. The Labute approximate surface area is 92.3 Å². The quantitative estimate of drug-likeness (QED) is 0.562. The van der Waals surface area contributed by atoms with Crippen LogP contribution in [0.1, 0.15) is 18.2 Å². The Balaban J connectivity index is 2.70. The lowest BCUT2D eigenvalue weighted by molar-refractivity contribution is -0.921. The average molecular weight is 208 g/mol. The first-order valence-electron chi connectivity index (χ1n) is 5.41. The molecular formula is C12H22N3+. The third kappa shape index (κ3) is 3.30. The van der Waals surface area contributed by atoms with Crippen LogP contribution in [-0.2, 0) is 0 Å². The van der Waals surface area contributed by atoms with Crippen molar-refractivity contribution in [2.75, 3.05) is 27.2 Å². The molecule has 0 saturated carbocycles. The number of quaternary nitrogens is 1. The van der Waals surface area contributed by atoms with Crippen LogP contribution >= 0.6 is 0 Å². The van der Waals surface area contributed by atoms with E-state index >= 15 is 0 Å². The molecule has 0 aliphatic rings. The van der Waals surface area contributed by atoms with Gasteiger partial charge in [0.15, 0.2) is 6.17 Å². The van der Waals surface area contributed by atoms with Gasteiger partial charge in [-0.05, 0) is 6.54 Å². The van der Waals surface area contributed by atoms with Crippen molar-refractivity contribution in [3.05, 3.63) is 35.9 Å². The van der Waals surface area contributed by atoms with Gasteiger partial charge in [-0.2, -0.15) is 0 Å². The van der Waals surface area contributed by atoms with Crippen molar-refractivity contribution in [1.29, 1.82) is 0 Å². The minimum atomic E-state index is 0.0257. The summed E-state index contributed by atoms with van der Waals surface area (Å²) in [5.41, 5.74) is 12.9. The van der Waals surface area contributed by atoms with Crippen molar-refractivity contribution in [3.8, 4) is 0 Å². The summed E-state index contributed by atoms with van der Waals surface area (Å²) in [6.45, 7) is 1.73. The fourth-order valence-electron chi connectivity index (χ4n) is 1.69. The second-order valence-corrected chi connectivity index (χ2v) is 4.50. The van der Waals surface area contributed by atoms with Crippen molar-refractivity contribution in [2.24, 2.45) is 11.5 Å². The van der Waals surface area contributed by atoms with Crippen LogP contribution in [0, 0.1) is 0 Å². The lowest BCUT2D eigenvalue weighted by Gasteiger charge is -2.35. The lowest BCUT2D eigenvalue weighted by Crippen LogP contribution is -2.48. The van der Waals surface area contributed by atoms with E-state index in [1.54, 1.807) is 0 Å². The zero-order chi connectivity index (χ0) is 11.3. The Bertz CT molecular complexity index is 282. The van der Waals surface area contributed by atoms with Gasteiger partial charge in [-0.1, -0.05) is 30.3 Å². The highest BCUT2D eigenvalue weighted by atomic mass is 15.4. The molecule has 1 aromatic rings. The molecule has 3 heteroatoms. The molecule has 1 rings (SSSR count). The fourth-order valence-corrected chi connectivity index (χ4v) is 1.69. The van der Waals surface area contributed by atoms with Gasteiger partial charge in [0.2, 0.25) is 0 Å². The summed E-state index contributed by atoms with van der Waals surface area (Å²) >= 11 is 0. The van der Waals surface area contributed by atoms with Crippen LogP contribution in [0.25, 0.3) is 0 Å². The van der Waals surface area contributed by atoms with E-state index in [9.17, 15) is 0 Å². The third-order valence-electron chi connectivity index (χ3n) is 2.83. The van der Waals surface area contributed by atoms with Crippen LogP contribution in [0.2, 0.25) is 0 Å². The van der Waals surface area contributed by atoms with Gasteiger partial charge in [-0.15, -0.1) is 0 Å². The molecule has 0 radical (unpaired) electrons. The first-order valence-corrected chi connectivity index (χ1v) is 5.41. The lowest BCUT2D eigenvalue weighted by atomic mass is 10.1. The van der Waals surface area contributed by atoms with Crippen molar-refractivity contribution < 1.29 is 4.48 Å². The number of nitrogens with zero attached hydrogens (tertiary/aromatic N) is 1. The summed E-state index contributed by atoms with van der Waals surface area (Å²) in [4.78, 5) is 0. The Morgan fingerprint density at radius 2 is 1.80 bits per heavy atom. The molecule has 0 heterocycles. The van der Waals surface area contributed by atoms with Crippen molar-refractivity contribution >= 4 is 0 Å². The molecule has 0 aliphatic heterocycles. The number of hydrogen-bond acceptors (Lipinski definition) is 2. The highest BCUT2D eigenvalue weighted by Crippen LogP contribution is 2.19. The first-order chi connectivity index (χ1) is 7.08. The van der Waals surface area contributed by atoms with E-state index < -0.39 is 0 Å². The van der Waals surface area contributed by atoms with Crippen LogP contribution in [-0.4, -0.2) is 31.7 Å². The maximum absolute atomic E-state index is 6.24. The average Bonchev–Trinajstić information content (AvgIpc) is 2.26. The highest BCUT2D eigenvalue weighted by Gasteiger charge is 2.24. The van der Waals surface area contributed by atoms with Crippen molar-refractivity contribution in [2.45, 2.75) is 12.6 Å². The van der Waals surface area contributed by atoms with Gasteiger partial charge in [0, 0.05) is 12.0 Å². The molecule has 0 amide bonds. The largest absolute Gasteiger partial charge is 0.330 e.